The second-order valence-electron chi connectivity index (χ2n) is 8.19. The standard InChI is InChI=1S/C26H32N2O6/c1-2-33-18(15-24(29)27-14-8-7-13-25(30)31)16-28-26(32)34-17-23-21-11-5-3-9-19(21)20-10-4-6-12-22(20)23/h3-6,9-12,18,23H,2,7-8,13-17H2,1H3,(H,27,29)(H,28,32)(H,30,31). The van der Waals surface area contributed by atoms with Crippen molar-refractivity contribution in [3.05, 3.63) is 59.7 Å². The van der Waals surface area contributed by atoms with Crippen LogP contribution in [-0.2, 0) is 19.1 Å². The number of carboxylic acids is 1. The fraction of sp³-hybridized carbons (Fsp3) is 0.423. The maximum Gasteiger partial charge on any atom is 0.407 e. The quantitative estimate of drug-likeness (QED) is 0.386. The van der Waals surface area contributed by atoms with E-state index in [1.54, 1.807) is 0 Å². The van der Waals surface area contributed by atoms with Crippen LogP contribution >= 0.6 is 0 Å². The number of hydrogen-bond acceptors (Lipinski definition) is 5. The van der Waals surface area contributed by atoms with Crippen LogP contribution in [0.4, 0.5) is 4.79 Å². The zero-order valence-corrected chi connectivity index (χ0v) is 19.4. The first kappa shape index (κ1) is 25.2. The van der Waals surface area contributed by atoms with E-state index in [9.17, 15) is 14.4 Å². The number of aliphatic carboxylic acids is 1. The van der Waals surface area contributed by atoms with Crippen LogP contribution in [0.5, 0.6) is 0 Å². The average molecular weight is 469 g/mol. The zero-order chi connectivity index (χ0) is 24.3. The molecule has 0 saturated heterocycles. The lowest BCUT2D eigenvalue weighted by Gasteiger charge is -2.18. The van der Waals surface area contributed by atoms with Gasteiger partial charge in [0.1, 0.15) is 6.61 Å². The van der Waals surface area contributed by atoms with Crippen molar-refractivity contribution in [2.75, 3.05) is 26.3 Å². The number of hydrogen-bond donors (Lipinski definition) is 3. The van der Waals surface area contributed by atoms with Crippen molar-refractivity contribution in [3.8, 4) is 11.1 Å². The summed E-state index contributed by atoms with van der Waals surface area (Å²) in [6.45, 7) is 3.00. The van der Waals surface area contributed by atoms with Gasteiger partial charge < -0.3 is 25.2 Å². The molecule has 2 amide bonds. The summed E-state index contributed by atoms with van der Waals surface area (Å²) in [7, 11) is 0. The number of carbonyl (C=O) groups is 3. The Morgan fingerprint density at radius 2 is 1.62 bits per heavy atom. The van der Waals surface area contributed by atoms with Gasteiger partial charge in [0.2, 0.25) is 5.91 Å². The summed E-state index contributed by atoms with van der Waals surface area (Å²) < 4.78 is 11.1. The molecule has 0 spiro atoms. The molecule has 0 fully saturated rings. The molecule has 0 radical (unpaired) electrons. The molecule has 182 valence electrons. The van der Waals surface area contributed by atoms with Crippen LogP contribution in [0.3, 0.4) is 0 Å². The van der Waals surface area contributed by atoms with Gasteiger partial charge in [-0.25, -0.2) is 4.79 Å². The summed E-state index contributed by atoms with van der Waals surface area (Å²) in [6, 6.07) is 16.3. The maximum atomic E-state index is 12.4. The fourth-order valence-electron chi connectivity index (χ4n) is 4.18. The highest BCUT2D eigenvalue weighted by Crippen LogP contribution is 2.44. The van der Waals surface area contributed by atoms with Crippen molar-refractivity contribution >= 4 is 18.0 Å². The van der Waals surface area contributed by atoms with E-state index in [1.165, 1.54) is 0 Å². The Morgan fingerprint density at radius 1 is 0.971 bits per heavy atom. The molecule has 1 aliphatic rings. The second-order valence-corrected chi connectivity index (χ2v) is 8.19. The summed E-state index contributed by atoms with van der Waals surface area (Å²) >= 11 is 0. The number of ether oxygens (including phenoxy) is 2. The third-order valence-electron chi connectivity index (χ3n) is 5.77. The van der Waals surface area contributed by atoms with E-state index in [1.807, 2.05) is 31.2 Å². The molecule has 0 bridgehead atoms. The van der Waals surface area contributed by atoms with Crippen LogP contribution < -0.4 is 10.6 Å². The molecular formula is C26H32N2O6. The lowest BCUT2D eigenvalue weighted by atomic mass is 9.98. The Bertz CT molecular complexity index is 947. The lowest BCUT2D eigenvalue weighted by Crippen LogP contribution is -2.38. The first-order valence-electron chi connectivity index (χ1n) is 11.7. The topological polar surface area (TPSA) is 114 Å². The zero-order valence-electron chi connectivity index (χ0n) is 19.4. The monoisotopic (exact) mass is 468 g/mol. The molecule has 0 heterocycles. The number of carboxylic acid groups (broad SMARTS) is 1. The van der Waals surface area contributed by atoms with Crippen molar-refractivity contribution < 1.29 is 29.0 Å². The number of benzene rings is 2. The Hall–Kier alpha value is -3.39. The van der Waals surface area contributed by atoms with Crippen LogP contribution in [0.2, 0.25) is 0 Å². The van der Waals surface area contributed by atoms with Crippen molar-refractivity contribution in [2.24, 2.45) is 0 Å². The molecule has 8 nitrogen and oxygen atoms in total. The smallest absolute Gasteiger partial charge is 0.407 e. The summed E-state index contributed by atoms with van der Waals surface area (Å²) in [5.41, 5.74) is 4.61. The molecule has 1 unspecified atom stereocenters. The molecule has 0 saturated carbocycles. The Kier molecular flexibility index (Phi) is 9.46. The van der Waals surface area contributed by atoms with E-state index in [2.05, 4.69) is 34.9 Å². The van der Waals surface area contributed by atoms with E-state index in [0.29, 0.717) is 26.0 Å². The van der Waals surface area contributed by atoms with E-state index in [0.717, 1.165) is 22.3 Å². The Balaban J connectivity index is 1.44. The van der Waals surface area contributed by atoms with E-state index in [-0.39, 0.29) is 37.8 Å². The average Bonchev–Trinajstić information content (AvgIpc) is 3.14. The van der Waals surface area contributed by atoms with Crippen LogP contribution in [-0.4, -0.2) is 55.5 Å². The van der Waals surface area contributed by atoms with Crippen molar-refractivity contribution in [3.63, 3.8) is 0 Å². The van der Waals surface area contributed by atoms with Crippen molar-refractivity contribution in [2.45, 2.75) is 44.6 Å². The minimum Gasteiger partial charge on any atom is -0.481 e. The second kappa shape index (κ2) is 12.7. The fourth-order valence-corrected chi connectivity index (χ4v) is 4.18. The Morgan fingerprint density at radius 3 is 2.24 bits per heavy atom. The third-order valence-corrected chi connectivity index (χ3v) is 5.77. The minimum absolute atomic E-state index is 0.0206. The van der Waals surface area contributed by atoms with Gasteiger partial charge in [-0.05, 0) is 42.0 Å². The number of alkyl carbamates (subject to hydrolysis) is 1. The number of fused-ring (bicyclic) bond motifs is 3. The van der Waals surface area contributed by atoms with Gasteiger partial charge in [0.15, 0.2) is 0 Å². The largest absolute Gasteiger partial charge is 0.481 e. The molecule has 3 rings (SSSR count). The van der Waals surface area contributed by atoms with Gasteiger partial charge in [0.05, 0.1) is 12.5 Å². The first-order chi connectivity index (χ1) is 16.5. The highest BCUT2D eigenvalue weighted by molar-refractivity contribution is 5.79. The third kappa shape index (κ3) is 7.05. The normalized spacial score (nSPS) is 13.0. The van der Waals surface area contributed by atoms with Gasteiger partial charge in [-0.3, -0.25) is 9.59 Å². The molecule has 2 aromatic carbocycles. The van der Waals surface area contributed by atoms with Crippen LogP contribution in [0, 0.1) is 0 Å². The van der Waals surface area contributed by atoms with Gasteiger partial charge >= 0.3 is 12.1 Å². The molecule has 1 aliphatic carbocycles. The summed E-state index contributed by atoms with van der Waals surface area (Å²) in [5.74, 6) is -1.07. The number of rotatable bonds is 13. The highest BCUT2D eigenvalue weighted by Gasteiger charge is 2.29. The van der Waals surface area contributed by atoms with Gasteiger partial charge in [-0.1, -0.05) is 48.5 Å². The molecular weight excluding hydrogens is 436 g/mol. The van der Waals surface area contributed by atoms with Crippen LogP contribution in [0.25, 0.3) is 11.1 Å². The molecule has 0 aliphatic heterocycles. The van der Waals surface area contributed by atoms with E-state index < -0.39 is 18.2 Å². The molecule has 1 atom stereocenters. The first-order valence-corrected chi connectivity index (χ1v) is 11.7. The highest BCUT2D eigenvalue weighted by atomic mass is 16.5. The van der Waals surface area contributed by atoms with Gasteiger partial charge in [-0.15, -0.1) is 0 Å². The molecule has 8 heteroatoms. The molecule has 2 aromatic rings. The predicted molar refractivity (Wildman–Crippen MR) is 128 cm³/mol. The number of amides is 2. The lowest BCUT2D eigenvalue weighted by molar-refractivity contribution is -0.137. The maximum absolute atomic E-state index is 12.4. The molecule has 34 heavy (non-hydrogen) atoms. The van der Waals surface area contributed by atoms with Gasteiger partial charge in [0, 0.05) is 32.0 Å². The van der Waals surface area contributed by atoms with E-state index >= 15 is 0 Å². The molecule has 0 aromatic heterocycles. The summed E-state index contributed by atoms with van der Waals surface area (Å²) in [6.07, 6.45) is 0.242. The van der Waals surface area contributed by atoms with Crippen LogP contribution in [0.15, 0.2) is 48.5 Å². The van der Waals surface area contributed by atoms with Crippen molar-refractivity contribution in [1.82, 2.24) is 10.6 Å². The summed E-state index contributed by atoms with van der Waals surface area (Å²) in [5, 5.41) is 14.1. The Labute approximate surface area is 199 Å². The number of carbonyl (C=O) groups excluding carboxylic acids is 2. The summed E-state index contributed by atoms with van der Waals surface area (Å²) in [4.78, 5) is 35.1. The van der Waals surface area contributed by atoms with Crippen LogP contribution in [0.1, 0.15) is 49.7 Å². The van der Waals surface area contributed by atoms with E-state index in [4.69, 9.17) is 14.6 Å². The van der Waals surface area contributed by atoms with Gasteiger partial charge in [0.25, 0.3) is 0 Å². The van der Waals surface area contributed by atoms with Gasteiger partial charge in [-0.2, -0.15) is 0 Å². The SMILES string of the molecule is CCOC(CNC(=O)OCC1c2ccccc2-c2ccccc21)CC(=O)NCCCCC(=O)O. The molecule has 3 N–H and O–H groups in total. The number of nitrogens with one attached hydrogen (secondary N) is 2. The number of unbranched alkanes of at least 4 members (excludes halogenated alkanes) is 1. The predicted octanol–water partition coefficient (Wildman–Crippen LogP) is 3.69. The minimum atomic E-state index is -0.845. The van der Waals surface area contributed by atoms with Crippen molar-refractivity contribution in [1.29, 1.82) is 0 Å².